The number of aromatic nitrogens is 1. The lowest BCUT2D eigenvalue weighted by molar-refractivity contribution is -0.124. The quantitative estimate of drug-likeness (QED) is 0.404. The van der Waals surface area contributed by atoms with Crippen molar-refractivity contribution in [2.45, 2.75) is 32.2 Å². The fraction of sp³-hybridized carbons (Fsp3) is 0.367. The number of amides is 2. The number of rotatable bonds is 10. The highest BCUT2D eigenvalue weighted by atomic mass is 16.5. The first-order valence-corrected chi connectivity index (χ1v) is 12.9. The summed E-state index contributed by atoms with van der Waals surface area (Å²) in [5, 5.41) is 3.14. The molecule has 0 radical (unpaired) electrons. The van der Waals surface area contributed by atoms with E-state index in [0.717, 1.165) is 25.1 Å². The second-order valence-corrected chi connectivity index (χ2v) is 9.48. The summed E-state index contributed by atoms with van der Waals surface area (Å²) in [5.41, 5.74) is 4.24. The van der Waals surface area contributed by atoms with Gasteiger partial charge >= 0.3 is 0 Å². The summed E-state index contributed by atoms with van der Waals surface area (Å²) >= 11 is 0. The number of fused-ring (bicyclic) bond motifs is 1. The van der Waals surface area contributed by atoms with Crippen molar-refractivity contribution < 1.29 is 19.1 Å². The minimum absolute atomic E-state index is 0.148. The van der Waals surface area contributed by atoms with Crippen molar-refractivity contribution in [1.82, 2.24) is 15.2 Å². The van der Waals surface area contributed by atoms with Crippen LogP contribution in [0.1, 0.15) is 52.4 Å². The zero-order chi connectivity index (χ0) is 27.2. The van der Waals surface area contributed by atoms with Gasteiger partial charge in [0.05, 0.1) is 26.2 Å². The first-order chi connectivity index (χ1) is 18.4. The summed E-state index contributed by atoms with van der Waals surface area (Å²) in [7, 11) is 4.80. The number of aryl methyl sites for hydroxylation is 1. The number of hydrogen-bond donors (Lipinski definition) is 1. The summed E-state index contributed by atoms with van der Waals surface area (Å²) < 4.78 is 11.0. The molecule has 1 aliphatic rings. The second kappa shape index (κ2) is 12.0. The van der Waals surface area contributed by atoms with Gasteiger partial charge in [0.2, 0.25) is 5.91 Å². The van der Waals surface area contributed by atoms with Gasteiger partial charge in [-0.2, -0.15) is 0 Å². The van der Waals surface area contributed by atoms with Crippen molar-refractivity contribution >= 4 is 17.5 Å². The Labute approximate surface area is 224 Å². The van der Waals surface area contributed by atoms with E-state index in [1.54, 1.807) is 43.6 Å². The first kappa shape index (κ1) is 27.0. The number of anilines is 1. The number of benzene rings is 2. The molecular formula is C30H36N4O4. The third-order valence-corrected chi connectivity index (χ3v) is 7.14. The summed E-state index contributed by atoms with van der Waals surface area (Å²) in [6.07, 6.45) is 4.17. The number of pyridine rings is 1. The maximum atomic E-state index is 13.8. The Hall–Kier alpha value is -4.07. The summed E-state index contributed by atoms with van der Waals surface area (Å²) in [5.74, 6) is -0.0532. The van der Waals surface area contributed by atoms with E-state index in [2.05, 4.69) is 53.3 Å². The molecule has 0 unspecified atom stereocenters. The van der Waals surface area contributed by atoms with Gasteiger partial charge in [0, 0.05) is 50.3 Å². The van der Waals surface area contributed by atoms with Crippen LogP contribution < -0.4 is 19.7 Å². The molecular weight excluding hydrogens is 480 g/mol. The molecule has 8 heteroatoms. The third-order valence-electron chi connectivity index (χ3n) is 7.14. The molecule has 38 heavy (non-hydrogen) atoms. The van der Waals surface area contributed by atoms with Crippen molar-refractivity contribution in [3.8, 4) is 11.5 Å². The van der Waals surface area contributed by atoms with Crippen LogP contribution in [0.3, 0.4) is 0 Å². The van der Waals surface area contributed by atoms with E-state index >= 15 is 0 Å². The third kappa shape index (κ3) is 5.44. The van der Waals surface area contributed by atoms with Crippen LogP contribution in [0.5, 0.6) is 11.5 Å². The predicted octanol–water partition coefficient (Wildman–Crippen LogP) is 4.35. The van der Waals surface area contributed by atoms with Gasteiger partial charge in [0.15, 0.2) is 11.5 Å². The Morgan fingerprint density at radius 3 is 2.53 bits per heavy atom. The number of hydrogen-bond acceptors (Lipinski definition) is 6. The van der Waals surface area contributed by atoms with E-state index < -0.39 is 12.0 Å². The summed E-state index contributed by atoms with van der Waals surface area (Å²) in [6, 6.07) is 15.1. The van der Waals surface area contributed by atoms with Crippen molar-refractivity contribution in [2.24, 2.45) is 0 Å². The molecule has 0 bridgehead atoms. The molecule has 1 aromatic heterocycles. The van der Waals surface area contributed by atoms with Gasteiger partial charge < -0.3 is 24.6 Å². The molecule has 8 nitrogen and oxygen atoms in total. The maximum absolute atomic E-state index is 13.8. The molecule has 0 fully saturated rings. The number of carbonyl (C=O) groups excluding carboxylic acids is 2. The van der Waals surface area contributed by atoms with E-state index in [0.29, 0.717) is 29.2 Å². The number of nitrogens with zero attached hydrogens (tertiary/aromatic N) is 3. The number of likely N-dealkylation sites (N-methyl/N-ethyl adjacent to an activating group) is 1. The highest BCUT2D eigenvalue weighted by Crippen LogP contribution is 2.45. The highest BCUT2D eigenvalue weighted by molar-refractivity contribution is 6.02. The van der Waals surface area contributed by atoms with Crippen LogP contribution in [0.2, 0.25) is 0 Å². The predicted molar refractivity (Wildman–Crippen MR) is 148 cm³/mol. The second-order valence-electron chi connectivity index (χ2n) is 9.48. The van der Waals surface area contributed by atoms with Crippen LogP contribution in [0.25, 0.3) is 0 Å². The maximum Gasteiger partial charge on any atom is 0.254 e. The normalized spacial score (nSPS) is 16.6. The van der Waals surface area contributed by atoms with Gasteiger partial charge in [-0.3, -0.25) is 14.6 Å². The first-order valence-electron chi connectivity index (χ1n) is 12.9. The zero-order valence-corrected chi connectivity index (χ0v) is 22.7. The average Bonchev–Trinajstić information content (AvgIpc) is 2.94. The molecule has 3 aromatic rings. The fourth-order valence-electron chi connectivity index (χ4n) is 5.18. The Kier molecular flexibility index (Phi) is 8.51. The van der Waals surface area contributed by atoms with Crippen LogP contribution >= 0.6 is 0 Å². The summed E-state index contributed by atoms with van der Waals surface area (Å²) in [4.78, 5) is 35.4. The minimum atomic E-state index is -0.643. The molecule has 0 aliphatic carbocycles. The smallest absolute Gasteiger partial charge is 0.254 e. The van der Waals surface area contributed by atoms with Gasteiger partial charge in [-0.25, -0.2) is 0 Å². The molecule has 0 saturated heterocycles. The van der Waals surface area contributed by atoms with Gasteiger partial charge in [0.1, 0.15) is 0 Å². The molecule has 200 valence electrons. The van der Waals surface area contributed by atoms with Gasteiger partial charge in [-0.05, 0) is 67.3 Å². The monoisotopic (exact) mass is 516 g/mol. The van der Waals surface area contributed by atoms with E-state index in [9.17, 15) is 9.59 Å². The largest absolute Gasteiger partial charge is 0.493 e. The zero-order valence-electron chi connectivity index (χ0n) is 22.7. The number of methoxy groups -OCH3 is 2. The van der Waals surface area contributed by atoms with Crippen molar-refractivity contribution in [3.63, 3.8) is 0 Å². The molecule has 2 amide bonds. The van der Waals surface area contributed by atoms with E-state index in [4.69, 9.17) is 9.47 Å². The molecule has 0 spiro atoms. The van der Waals surface area contributed by atoms with Crippen LogP contribution in [-0.4, -0.2) is 62.6 Å². The van der Waals surface area contributed by atoms with Gasteiger partial charge in [-0.1, -0.05) is 18.2 Å². The molecule has 4 rings (SSSR count). The molecule has 1 aliphatic heterocycles. The lowest BCUT2D eigenvalue weighted by atomic mass is 9.79. The minimum Gasteiger partial charge on any atom is -0.493 e. The number of ether oxygens (including phenoxy) is 2. The lowest BCUT2D eigenvalue weighted by Crippen LogP contribution is -2.46. The standard InChI is InChI=1S/C30H36N4O4/c1-6-34(22-12-7-10-20(2)16-22)15-9-14-32-29(35)27-23-17-25(37-4)26(38-5)18-24(23)30(36)33(3)28(27)21-11-8-13-31-19-21/h7-8,10-13,16-19,27-28H,6,9,14-15H2,1-5H3,(H,32,35)/t27-,28+/m1/s1. The van der Waals surface area contributed by atoms with Crippen LogP contribution in [-0.2, 0) is 4.79 Å². The highest BCUT2D eigenvalue weighted by Gasteiger charge is 2.43. The van der Waals surface area contributed by atoms with E-state index in [-0.39, 0.29) is 11.8 Å². The lowest BCUT2D eigenvalue weighted by Gasteiger charge is -2.40. The average molecular weight is 517 g/mol. The topological polar surface area (TPSA) is 84.0 Å². The molecule has 2 heterocycles. The Balaban J connectivity index is 1.59. The van der Waals surface area contributed by atoms with Gasteiger partial charge in [0.25, 0.3) is 5.91 Å². The molecule has 2 atom stereocenters. The van der Waals surface area contributed by atoms with Gasteiger partial charge in [-0.15, -0.1) is 0 Å². The Bertz CT molecular complexity index is 1280. The van der Waals surface area contributed by atoms with Crippen LogP contribution in [0.15, 0.2) is 60.9 Å². The Morgan fingerprint density at radius 1 is 1.11 bits per heavy atom. The number of nitrogens with one attached hydrogen (secondary N) is 1. The van der Waals surface area contributed by atoms with Crippen molar-refractivity contribution in [3.05, 3.63) is 83.2 Å². The van der Waals surface area contributed by atoms with Crippen molar-refractivity contribution in [2.75, 3.05) is 45.8 Å². The van der Waals surface area contributed by atoms with Crippen LogP contribution in [0, 0.1) is 6.92 Å². The molecule has 2 aromatic carbocycles. The summed E-state index contributed by atoms with van der Waals surface area (Å²) in [6.45, 7) is 6.43. The van der Waals surface area contributed by atoms with Crippen LogP contribution in [0.4, 0.5) is 5.69 Å². The number of carbonyl (C=O) groups is 2. The Morgan fingerprint density at radius 2 is 1.87 bits per heavy atom. The fourth-order valence-corrected chi connectivity index (χ4v) is 5.18. The SMILES string of the molecule is CCN(CCCNC(=O)[C@@H]1c2cc(OC)c(OC)cc2C(=O)N(C)[C@H]1c1cccnc1)c1cccc(C)c1. The van der Waals surface area contributed by atoms with E-state index in [1.165, 1.54) is 18.4 Å². The molecule has 0 saturated carbocycles. The van der Waals surface area contributed by atoms with Crippen molar-refractivity contribution in [1.29, 1.82) is 0 Å². The van der Waals surface area contributed by atoms with E-state index in [1.807, 2.05) is 12.1 Å². The molecule has 1 N–H and O–H groups in total.